The molecule has 4 aromatic rings. The quantitative estimate of drug-likeness (QED) is 0.0562. The van der Waals surface area contributed by atoms with Crippen molar-refractivity contribution < 1.29 is 42.9 Å². The van der Waals surface area contributed by atoms with Crippen LogP contribution in [0.2, 0.25) is 0 Å². The van der Waals surface area contributed by atoms with Crippen molar-refractivity contribution in [2.24, 2.45) is 0 Å². The summed E-state index contributed by atoms with van der Waals surface area (Å²) in [5.74, 6) is -0.463. The first-order valence-corrected chi connectivity index (χ1v) is 15.2. The molecule has 4 rings (SSSR count). The predicted molar refractivity (Wildman–Crippen MR) is 175 cm³/mol. The van der Waals surface area contributed by atoms with Crippen LogP contribution in [0.4, 0.5) is 0 Å². The van der Waals surface area contributed by atoms with Gasteiger partial charge >= 0.3 is 23.9 Å². The van der Waals surface area contributed by atoms with Crippen LogP contribution < -0.4 is 18.9 Å². The Hall–Kier alpha value is -5.70. The lowest BCUT2D eigenvalue weighted by Crippen LogP contribution is -2.11. The van der Waals surface area contributed by atoms with Gasteiger partial charge in [-0.05, 0) is 124 Å². The molecule has 9 nitrogen and oxygen atoms in total. The number of benzene rings is 4. The minimum absolute atomic E-state index is 0.251. The fourth-order valence-electron chi connectivity index (χ4n) is 4.39. The Morgan fingerprint density at radius 2 is 1.04 bits per heavy atom. The zero-order chi connectivity index (χ0) is 33.6. The van der Waals surface area contributed by atoms with E-state index < -0.39 is 23.9 Å². The second kappa shape index (κ2) is 17.1. The Labute approximate surface area is 273 Å². The Morgan fingerprint density at radius 3 is 1.53 bits per heavy atom. The molecule has 0 fully saturated rings. The van der Waals surface area contributed by atoms with Gasteiger partial charge in [-0.2, -0.15) is 0 Å². The molecular formula is C38H36O9. The minimum atomic E-state index is -0.613. The van der Waals surface area contributed by atoms with Crippen molar-refractivity contribution in [3.05, 3.63) is 131 Å². The van der Waals surface area contributed by atoms with Crippen LogP contribution in [0.3, 0.4) is 0 Å². The standard InChI is InChI=1S/C38H36O9/c1-4-35(39)44-24-8-6-5-7-23-43-31-16-10-28(11-17-31)36(40)45-32-18-12-29(13-19-32)37(41)46-33-20-14-30(15-21-33)38(42)47-34-22-9-26(2)25-27(34)3/h4,9-22,25H,1,5-8,23-24H2,2-3H3. The van der Waals surface area contributed by atoms with Crippen LogP contribution in [-0.4, -0.2) is 37.1 Å². The van der Waals surface area contributed by atoms with Crippen molar-refractivity contribution in [1.82, 2.24) is 0 Å². The van der Waals surface area contributed by atoms with Crippen LogP contribution in [0.1, 0.15) is 67.9 Å². The average molecular weight is 637 g/mol. The van der Waals surface area contributed by atoms with Gasteiger partial charge < -0.3 is 23.7 Å². The largest absolute Gasteiger partial charge is 0.494 e. The van der Waals surface area contributed by atoms with Crippen molar-refractivity contribution in [2.45, 2.75) is 39.5 Å². The van der Waals surface area contributed by atoms with Gasteiger partial charge in [-0.1, -0.05) is 24.3 Å². The van der Waals surface area contributed by atoms with Gasteiger partial charge in [-0.25, -0.2) is 19.2 Å². The number of unbranched alkanes of at least 4 members (excludes halogenated alkanes) is 3. The summed E-state index contributed by atoms with van der Waals surface area (Å²) in [7, 11) is 0. The molecule has 0 saturated heterocycles. The van der Waals surface area contributed by atoms with Crippen LogP contribution in [-0.2, 0) is 9.53 Å². The second-order valence-electron chi connectivity index (χ2n) is 10.6. The highest BCUT2D eigenvalue weighted by Gasteiger charge is 2.14. The van der Waals surface area contributed by atoms with Crippen molar-refractivity contribution in [3.63, 3.8) is 0 Å². The van der Waals surface area contributed by atoms with Gasteiger partial charge in [0.05, 0.1) is 29.9 Å². The molecule has 0 heterocycles. The molecule has 0 aliphatic heterocycles. The van der Waals surface area contributed by atoms with Crippen molar-refractivity contribution in [1.29, 1.82) is 0 Å². The maximum Gasteiger partial charge on any atom is 0.343 e. The topological polar surface area (TPSA) is 114 Å². The highest BCUT2D eigenvalue weighted by molar-refractivity contribution is 5.93. The van der Waals surface area contributed by atoms with Crippen LogP contribution in [0.15, 0.2) is 104 Å². The van der Waals surface area contributed by atoms with Crippen LogP contribution >= 0.6 is 0 Å². The molecule has 0 aliphatic carbocycles. The summed E-state index contributed by atoms with van der Waals surface area (Å²) in [6, 6.07) is 24.2. The lowest BCUT2D eigenvalue weighted by atomic mass is 10.1. The van der Waals surface area contributed by atoms with Crippen LogP contribution in [0, 0.1) is 13.8 Å². The molecule has 0 saturated carbocycles. The Kier molecular flexibility index (Phi) is 12.4. The van der Waals surface area contributed by atoms with E-state index in [1.54, 1.807) is 30.3 Å². The van der Waals surface area contributed by atoms with Gasteiger partial charge in [0.25, 0.3) is 0 Å². The van der Waals surface area contributed by atoms with Crippen LogP contribution in [0.25, 0.3) is 0 Å². The molecule has 0 bridgehead atoms. The van der Waals surface area contributed by atoms with E-state index in [0.717, 1.165) is 42.9 Å². The lowest BCUT2D eigenvalue weighted by Gasteiger charge is -2.09. The van der Waals surface area contributed by atoms with E-state index in [1.807, 2.05) is 26.0 Å². The Balaban J connectivity index is 1.19. The predicted octanol–water partition coefficient (Wildman–Crippen LogP) is 7.63. The second-order valence-corrected chi connectivity index (χ2v) is 10.6. The molecule has 242 valence electrons. The van der Waals surface area contributed by atoms with E-state index >= 15 is 0 Å². The molecule has 0 spiro atoms. The molecule has 0 unspecified atom stereocenters. The monoisotopic (exact) mass is 636 g/mol. The zero-order valence-electron chi connectivity index (χ0n) is 26.4. The molecule has 0 amide bonds. The summed E-state index contributed by atoms with van der Waals surface area (Å²) in [5, 5.41) is 0. The van der Waals surface area contributed by atoms with Crippen molar-refractivity contribution in [2.75, 3.05) is 13.2 Å². The summed E-state index contributed by atoms with van der Waals surface area (Å²) in [6.07, 6.45) is 4.64. The number of carbonyl (C=O) groups is 4. The molecular weight excluding hydrogens is 600 g/mol. The van der Waals surface area contributed by atoms with Gasteiger partial charge in [-0.3, -0.25) is 0 Å². The average Bonchev–Trinajstić information content (AvgIpc) is 3.07. The number of hydrogen-bond donors (Lipinski definition) is 0. The summed E-state index contributed by atoms with van der Waals surface area (Å²) < 4.78 is 27.0. The molecule has 0 atom stereocenters. The fraction of sp³-hybridized carbons (Fsp3) is 0.211. The van der Waals surface area contributed by atoms with Gasteiger partial charge in [-0.15, -0.1) is 0 Å². The van der Waals surface area contributed by atoms with E-state index in [-0.39, 0.29) is 17.1 Å². The van der Waals surface area contributed by atoms with E-state index in [0.29, 0.717) is 35.8 Å². The molecule has 9 heteroatoms. The van der Waals surface area contributed by atoms with Gasteiger partial charge in [0.2, 0.25) is 0 Å². The number of carbonyl (C=O) groups excluding carboxylic acids is 4. The lowest BCUT2D eigenvalue weighted by molar-refractivity contribution is -0.137. The number of hydrogen-bond acceptors (Lipinski definition) is 9. The van der Waals surface area contributed by atoms with E-state index in [1.165, 1.54) is 48.5 Å². The first kappa shape index (κ1) is 34.2. The first-order chi connectivity index (χ1) is 22.7. The van der Waals surface area contributed by atoms with Gasteiger partial charge in [0.15, 0.2) is 0 Å². The number of aryl methyl sites for hydroxylation is 2. The smallest absolute Gasteiger partial charge is 0.343 e. The Bertz CT molecular complexity index is 1690. The van der Waals surface area contributed by atoms with Crippen molar-refractivity contribution in [3.8, 4) is 23.0 Å². The van der Waals surface area contributed by atoms with E-state index in [9.17, 15) is 19.2 Å². The first-order valence-electron chi connectivity index (χ1n) is 15.2. The van der Waals surface area contributed by atoms with E-state index in [4.69, 9.17) is 23.7 Å². The van der Waals surface area contributed by atoms with Gasteiger partial charge in [0, 0.05) is 6.08 Å². The summed E-state index contributed by atoms with van der Waals surface area (Å²) in [4.78, 5) is 48.8. The third-order valence-electron chi connectivity index (χ3n) is 6.94. The molecule has 4 aromatic carbocycles. The molecule has 0 radical (unpaired) electrons. The maximum atomic E-state index is 12.7. The van der Waals surface area contributed by atoms with Gasteiger partial charge in [0.1, 0.15) is 23.0 Å². The highest BCUT2D eigenvalue weighted by Crippen LogP contribution is 2.22. The fourth-order valence-corrected chi connectivity index (χ4v) is 4.39. The summed E-state index contributed by atoms with van der Waals surface area (Å²) in [6.45, 7) is 8.09. The van der Waals surface area contributed by atoms with E-state index in [2.05, 4.69) is 6.58 Å². The summed E-state index contributed by atoms with van der Waals surface area (Å²) >= 11 is 0. The highest BCUT2D eigenvalue weighted by atomic mass is 16.5. The number of ether oxygens (including phenoxy) is 5. The number of rotatable bonds is 15. The number of esters is 4. The SMILES string of the molecule is C=CC(=O)OCCCCCCOc1ccc(C(=O)Oc2ccc(C(=O)Oc3ccc(C(=O)Oc4ccc(C)cc4C)cc3)cc2)cc1. The Morgan fingerprint density at radius 1 is 0.574 bits per heavy atom. The normalized spacial score (nSPS) is 10.4. The maximum absolute atomic E-state index is 12.7. The molecule has 0 N–H and O–H groups in total. The molecule has 0 aliphatic rings. The molecule has 47 heavy (non-hydrogen) atoms. The minimum Gasteiger partial charge on any atom is -0.494 e. The molecule has 0 aromatic heterocycles. The van der Waals surface area contributed by atoms with Crippen LogP contribution in [0.5, 0.6) is 23.0 Å². The summed E-state index contributed by atoms with van der Waals surface area (Å²) in [5.41, 5.74) is 2.83. The third kappa shape index (κ3) is 10.7. The third-order valence-corrected chi connectivity index (χ3v) is 6.94. The zero-order valence-corrected chi connectivity index (χ0v) is 26.4. The van der Waals surface area contributed by atoms with Crippen molar-refractivity contribution >= 4 is 23.9 Å².